The van der Waals surface area contributed by atoms with Gasteiger partial charge in [0.2, 0.25) is 0 Å². The van der Waals surface area contributed by atoms with E-state index in [1.165, 1.54) is 30.6 Å². The van der Waals surface area contributed by atoms with Gasteiger partial charge in [0, 0.05) is 12.6 Å². The van der Waals surface area contributed by atoms with Crippen LogP contribution in [0.25, 0.3) is 0 Å². The number of nitrogens with zero attached hydrogens (tertiary/aromatic N) is 1. The van der Waals surface area contributed by atoms with Crippen molar-refractivity contribution in [3.05, 3.63) is 48.3 Å². The molecule has 0 bridgehead atoms. The molecule has 126 valence electrons. The van der Waals surface area contributed by atoms with Gasteiger partial charge in [0.05, 0.1) is 23.6 Å². The largest absolute Gasteiger partial charge is 0.506 e. The molecule has 24 heavy (non-hydrogen) atoms. The van der Waals surface area contributed by atoms with E-state index in [0.29, 0.717) is 12.5 Å². The smallest absolute Gasteiger partial charge is 0.262 e. The van der Waals surface area contributed by atoms with Crippen LogP contribution in [0.4, 0.5) is 5.69 Å². The van der Waals surface area contributed by atoms with Gasteiger partial charge < -0.3 is 10.4 Å². The van der Waals surface area contributed by atoms with Crippen molar-refractivity contribution in [2.24, 2.45) is 5.92 Å². The lowest BCUT2D eigenvalue weighted by Crippen LogP contribution is -2.28. The summed E-state index contributed by atoms with van der Waals surface area (Å²) in [6.07, 6.45) is 4.64. The van der Waals surface area contributed by atoms with Crippen LogP contribution in [0.2, 0.25) is 0 Å². The quantitative estimate of drug-likeness (QED) is 0.737. The number of anilines is 1. The Morgan fingerprint density at radius 1 is 1.25 bits per heavy atom. The van der Waals surface area contributed by atoms with Crippen molar-refractivity contribution in [1.29, 1.82) is 0 Å². The molecule has 1 aliphatic carbocycles. The van der Waals surface area contributed by atoms with Gasteiger partial charge in [-0.1, -0.05) is 12.1 Å². The third-order valence-corrected chi connectivity index (χ3v) is 5.08. The Morgan fingerprint density at radius 2 is 2.00 bits per heavy atom. The number of pyridine rings is 1. The fourth-order valence-electron chi connectivity index (χ4n) is 2.24. The predicted octanol–water partition coefficient (Wildman–Crippen LogP) is 1.73. The van der Waals surface area contributed by atoms with Crippen molar-refractivity contribution < 1.29 is 18.3 Å². The molecule has 0 spiro atoms. The van der Waals surface area contributed by atoms with E-state index in [1.807, 2.05) is 0 Å². The Hall–Kier alpha value is -2.61. The van der Waals surface area contributed by atoms with Crippen LogP contribution < -0.4 is 10.0 Å². The summed E-state index contributed by atoms with van der Waals surface area (Å²) >= 11 is 0. The number of hydrogen-bond acceptors (Lipinski definition) is 5. The van der Waals surface area contributed by atoms with Crippen molar-refractivity contribution in [2.75, 3.05) is 11.3 Å². The molecule has 0 aliphatic heterocycles. The lowest BCUT2D eigenvalue weighted by molar-refractivity contribution is 0.0948. The minimum absolute atomic E-state index is 0.0822. The van der Waals surface area contributed by atoms with E-state index in [2.05, 4.69) is 15.0 Å². The van der Waals surface area contributed by atoms with E-state index in [0.717, 1.165) is 12.8 Å². The topological polar surface area (TPSA) is 108 Å². The molecule has 8 heteroatoms. The molecule has 0 atom stereocenters. The van der Waals surface area contributed by atoms with Crippen LogP contribution in [-0.2, 0) is 10.0 Å². The number of benzene rings is 1. The Balaban J connectivity index is 1.85. The van der Waals surface area contributed by atoms with E-state index in [-0.39, 0.29) is 21.9 Å². The molecule has 1 amide bonds. The van der Waals surface area contributed by atoms with E-state index >= 15 is 0 Å². The molecule has 7 nitrogen and oxygen atoms in total. The van der Waals surface area contributed by atoms with E-state index in [1.54, 1.807) is 12.1 Å². The first-order valence-corrected chi connectivity index (χ1v) is 8.98. The van der Waals surface area contributed by atoms with Crippen LogP contribution in [0.1, 0.15) is 23.2 Å². The number of sulfonamides is 1. The zero-order valence-electron chi connectivity index (χ0n) is 12.8. The Labute approximate surface area is 139 Å². The molecular formula is C16H17N3O4S. The van der Waals surface area contributed by atoms with Crippen LogP contribution in [0.15, 0.2) is 47.6 Å². The summed E-state index contributed by atoms with van der Waals surface area (Å²) in [6, 6.07) is 7.23. The number of aromatic nitrogens is 1. The van der Waals surface area contributed by atoms with Gasteiger partial charge in [0.25, 0.3) is 15.9 Å². The van der Waals surface area contributed by atoms with Gasteiger partial charge in [-0.3, -0.25) is 14.5 Å². The summed E-state index contributed by atoms with van der Waals surface area (Å²) in [5, 5.41) is 12.2. The molecule has 3 rings (SSSR count). The number of hydrogen-bond donors (Lipinski definition) is 3. The third-order valence-electron chi connectivity index (χ3n) is 3.65. The second-order valence-electron chi connectivity index (χ2n) is 5.69. The van der Waals surface area contributed by atoms with Crippen LogP contribution >= 0.6 is 0 Å². The highest BCUT2D eigenvalue weighted by Crippen LogP contribution is 2.28. The van der Waals surface area contributed by atoms with E-state index in [4.69, 9.17) is 0 Å². The van der Waals surface area contributed by atoms with Crippen LogP contribution in [0.3, 0.4) is 0 Å². The van der Waals surface area contributed by atoms with Gasteiger partial charge in [-0.2, -0.15) is 0 Å². The second-order valence-corrected chi connectivity index (χ2v) is 7.34. The van der Waals surface area contributed by atoms with Gasteiger partial charge >= 0.3 is 0 Å². The monoisotopic (exact) mass is 347 g/mol. The van der Waals surface area contributed by atoms with Gasteiger partial charge in [-0.25, -0.2) is 8.42 Å². The van der Waals surface area contributed by atoms with Crippen LogP contribution in [-0.4, -0.2) is 31.0 Å². The third kappa shape index (κ3) is 3.83. The average Bonchev–Trinajstić information content (AvgIpc) is 3.36. The van der Waals surface area contributed by atoms with E-state index in [9.17, 15) is 18.3 Å². The Morgan fingerprint density at radius 3 is 2.71 bits per heavy atom. The fraction of sp³-hybridized carbons (Fsp3) is 0.250. The highest BCUT2D eigenvalue weighted by atomic mass is 32.2. The lowest BCUT2D eigenvalue weighted by atomic mass is 10.2. The molecule has 3 N–H and O–H groups in total. The first-order chi connectivity index (χ1) is 11.5. The molecule has 1 fully saturated rings. The predicted molar refractivity (Wildman–Crippen MR) is 88.2 cm³/mol. The van der Waals surface area contributed by atoms with Crippen molar-refractivity contribution in [3.63, 3.8) is 0 Å². The summed E-state index contributed by atoms with van der Waals surface area (Å²) < 4.78 is 27.5. The molecule has 1 aliphatic rings. The van der Waals surface area contributed by atoms with Gasteiger partial charge in [-0.15, -0.1) is 0 Å². The van der Waals surface area contributed by atoms with Gasteiger partial charge in [0.1, 0.15) is 10.6 Å². The summed E-state index contributed by atoms with van der Waals surface area (Å²) in [7, 11) is -3.99. The van der Waals surface area contributed by atoms with Gasteiger partial charge in [-0.05, 0) is 30.9 Å². The van der Waals surface area contributed by atoms with Crippen LogP contribution in [0, 0.1) is 5.92 Å². The maximum atomic E-state index is 12.6. The highest BCUT2D eigenvalue weighted by molar-refractivity contribution is 7.92. The summed E-state index contributed by atoms with van der Waals surface area (Å²) in [4.78, 5) is 15.9. The van der Waals surface area contributed by atoms with Crippen molar-refractivity contribution in [3.8, 4) is 5.75 Å². The Kier molecular flexibility index (Phi) is 4.39. The van der Waals surface area contributed by atoms with E-state index < -0.39 is 15.9 Å². The summed E-state index contributed by atoms with van der Waals surface area (Å²) in [6.45, 7) is 0.553. The van der Waals surface area contributed by atoms with Crippen LogP contribution in [0.5, 0.6) is 5.75 Å². The molecular weight excluding hydrogens is 330 g/mol. The standard InChI is InChI=1S/C16H17N3O4S/c20-13-7-12(9-17-10-13)19-24(22,23)15-4-2-1-3-14(15)16(21)18-8-11-5-6-11/h1-4,7,9-11,19-20H,5-6,8H2,(H,18,21). The number of carbonyl (C=O) groups excluding carboxylic acids is 1. The summed E-state index contributed by atoms with van der Waals surface area (Å²) in [5.74, 6) is -0.0863. The molecule has 1 heterocycles. The number of amides is 1. The minimum atomic E-state index is -3.99. The van der Waals surface area contributed by atoms with Crippen molar-refractivity contribution >= 4 is 21.6 Å². The number of carbonyl (C=O) groups is 1. The van der Waals surface area contributed by atoms with Crippen molar-refractivity contribution in [2.45, 2.75) is 17.7 Å². The molecule has 0 unspecified atom stereocenters. The highest BCUT2D eigenvalue weighted by Gasteiger charge is 2.25. The zero-order chi connectivity index (χ0) is 17.2. The number of nitrogens with one attached hydrogen (secondary N) is 2. The first kappa shape index (κ1) is 16.3. The SMILES string of the molecule is O=C(NCC1CC1)c1ccccc1S(=O)(=O)Nc1cncc(O)c1. The second kappa shape index (κ2) is 6.48. The van der Waals surface area contributed by atoms with Gasteiger partial charge in [0.15, 0.2) is 0 Å². The number of aromatic hydroxyl groups is 1. The molecule has 1 aromatic heterocycles. The fourth-order valence-corrected chi connectivity index (χ4v) is 3.48. The van der Waals surface area contributed by atoms with Crippen molar-refractivity contribution in [1.82, 2.24) is 10.3 Å². The number of rotatable bonds is 6. The maximum Gasteiger partial charge on any atom is 0.262 e. The molecule has 2 aromatic rings. The summed E-state index contributed by atoms with van der Waals surface area (Å²) in [5.41, 5.74) is 0.196. The molecule has 1 aromatic carbocycles. The lowest BCUT2D eigenvalue weighted by Gasteiger charge is -2.12. The molecule has 1 saturated carbocycles. The molecule has 0 radical (unpaired) electrons. The Bertz CT molecular complexity index is 863. The zero-order valence-corrected chi connectivity index (χ0v) is 13.6. The molecule has 0 saturated heterocycles. The first-order valence-electron chi connectivity index (χ1n) is 7.50. The minimum Gasteiger partial charge on any atom is -0.506 e. The maximum absolute atomic E-state index is 12.6. The normalized spacial score (nSPS) is 14.2. The average molecular weight is 347 g/mol.